The number of allylic oxidation sites excluding steroid dienone is 4. The summed E-state index contributed by atoms with van der Waals surface area (Å²) >= 11 is 3.09. The number of hydrogen-bond donors (Lipinski definition) is 0. The minimum atomic E-state index is -0.719. The number of thiophene rings is 2. The van der Waals surface area contributed by atoms with Gasteiger partial charge in [0, 0.05) is 26.9 Å². The van der Waals surface area contributed by atoms with Gasteiger partial charge >= 0.3 is 6.16 Å². The van der Waals surface area contributed by atoms with Crippen molar-refractivity contribution in [3.05, 3.63) is 58.5 Å². The van der Waals surface area contributed by atoms with Crippen LogP contribution in [-0.2, 0) is 9.47 Å². The van der Waals surface area contributed by atoms with E-state index < -0.39 is 11.6 Å². The predicted molar refractivity (Wildman–Crippen MR) is 136 cm³/mol. The van der Waals surface area contributed by atoms with Gasteiger partial charge < -0.3 is 28.4 Å². The van der Waals surface area contributed by atoms with Gasteiger partial charge in [-0.15, -0.1) is 29.3 Å². The van der Waals surface area contributed by atoms with Crippen molar-refractivity contribution in [2.75, 3.05) is 39.6 Å². The number of hydrogen-bond acceptors (Lipinski definition) is 9. The van der Waals surface area contributed by atoms with Crippen LogP contribution in [0, 0.1) is 10.8 Å². The molecule has 35 heavy (non-hydrogen) atoms. The van der Waals surface area contributed by atoms with Gasteiger partial charge in [-0.3, -0.25) is 0 Å². The molecule has 0 amide bonds. The molecule has 0 aliphatic carbocycles. The molecule has 0 spiro atoms. The Balaban J connectivity index is 1.15. The van der Waals surface area contributed by atoms with E-state index in [1.54, 1.807) is 17.4 Å². The van der Waals surface area contributed by atoms with E-state index >= 15 is 0 Å². The zero-order valence-electron chi connectivity index (χ0n) is 19.7. The molecule has 7 nitrogen and oxygen atoms in total. The lowest BCUT2D eigenvalue weighted by Gasteiger charge is -2.28. The van der Waals surface area contributed by atoms with Crippen LogP contribution >= 0.6 is 22.7 Å². The van der Waals surface area contributed by atoms with E-state index in [1.807, 2.05) is 46.7 Å². The summed E-state index contributed by atoms with van der Waals surface area (Å²) in [5, 5.41) is 7.71. The highest BCUT2D eigenvalue weighted by Gasteiger charge is 2.34. The lowest BCUT2D eigenvalue weighted by atomic mass is 9.82. The largest absolute Gasteiger partial charge is 0.508 e. The molecule has 2 aromatic heterocycles. The molecule has 4 rings (SSSR count). The molecule has 4 heterocycles. The van der Waals surface area contributed by atoms with Gasteiger partial charge in [-0.05, 0) is 25.8 Å². The molecule has 9 heteroatoms. The van der Waals surface area contributed by atoms with E-state index in [-0.39, 0.29) is 18.6 Å². The van der Waals surface area contributed by atoms with Crippen LogP contribution in [0.4, 0.5) is 4.79 Å². The molecular weight excluding hydrogens is 488 g/mol. The number of ether oxygens (including phenoxy) is 6. The van der Waals surface area contributed by atoms with Crippen molar-refractivity contribution in [1.29, 1.82) is 0 Å². The van der Waals surface area contributed by atoms with Crippen molar-refractivity contribution >= 4 is 28.8 Å². The van der Waals surface area contributed by atoms with Gasteiger partial charge in [0.2, 0.25) is 0 Å². The Labute approximate surface area is 213 Å². The maximum absolute atomic E-state index is 12.0. The summed E-state index contributed by atoms with van der Waals surface area (Å²) < 4.78 is 33.9. The minimum Gasteiger partial charge on any atom is -0.488 e. The van der Waals surface area contributed by atoms with Gasteiger partial charge in [0.15, 0.2) is 23.0 Å². The lowest BCUT2D eigenvalue weighted by molar-refractivity contribution is 0.00431. The molecule has 0 saturated heterocycles. The van der Waals surface area contributed by atoms with E-state index in [0.29, 0.717) is 26.4 Å². The molecule has 0 aromatic carbocycles. The van der Waals surface area contributed by atoms with Crippen molar-refractivity contribution < 1.29 is 33.2 Å². The van der Waals surface area contributed by atoms with Crippen LogP contribution in [0.2, 0.25) is 0 Å². The van der Waals surface area contributed by atoms with E-state index in [1.165, 1.54) is 11.3 Å². The Morgan fingerprint density at radius 1 is 0.886 bits per heavy atom. The van der Waals surface area contributed by atoms with Crippen LogP contribution in [0.1, 0.15) is 19.8 Å². The summed E-state index contributed by atoms with van der Waals surface area (Å²) in [4.78, 5) is 12.0. The molecule has 0 fully saturated rings. The summed E-state index contributed by atoms with van der Waals surface area (Å²) in [5.74, 6) is 3.06. The normalized spacial score (nSPS) is 18.1. The fourth-order valence-corrected chi connectivity index (χ4v) is 5.01. The molecule has 188 valence electrons. The van der Waals surface area contributed by atoms with Crippen LogP contribution < -0.4 is 18.9 Å². The summed E-state index contributed by atoms with van der Waals surface area (Å²) in [6.45, 7) is 8.02. The Morgan fingerprint density at radius 3 is 2.00 bits per heavy atom. The molecule has 0 saturated carbocycles. The standard InChI is InChI=1S/C26H30O7S2/c1-3-8-26(18-31-22-13-35-14-23(22)32-19-26)9-6-4-5-7-10-28-24(27)33-17-25(2)15-29-20-11-34-12-21(20)30-16-25/h3-7,11-14H,1,8-10,15-19H2,2H3/b6-4+,7-5+. The van der Waals surface area contributed by atoms with Crippen molar-refractivity contribution in [3.63, 3.8) is 0 Å². The van der Waals surface area contributed by atoms with E-state index in [9.17, 15) is 4.79 Å². The Hall–Kier alpha value is -2.91. The van der Waals surface area contributed by atoms with Crippen LogP contribution in [0.15, 0.2) is 58.5 Å². The number of carbonyl (C=O) groups is 1. The first-order valence-electron chi connectivity index (χ1n) is 11.4. The molecule has 2 aliphatic rings. The summed E-state index contributed by atoms with van der Waals surface area (Å²) in [6, 6.07) is 0. The first-order chi connectivity index (χ1) is 17.0. The van der Waals surface area contributed by atoms with E-state index in [4.69, 9.17) is 28.4 Å². The number of carbonyl (C=O) groups excluding carboxylic acids is 1. The maximum Gasteiger partial charge on any atom is 0.508 e. The van der Waals surface area contributed by atoms with Crippen molar-refractivity contribution in [1.82, 2.24) is 0 Å². The zero-order chi connectivity index (χ0) is 24.6. The quantitative estimate of drug-likeness (QED) is 0.220. The Morgan fingerprint density at radius 2 is 1.43 bits per heavy atom. The topological polar surface area (TPSA) is 72.5 Å². The van der Waals surface area contributed by atoms with Gasteiger partial charge in [-0.1, -0.05) is 24.3 Å². The zero-order valence-corrected chi connectivity index (χ0v) is 21.4. The highest BCUT2D eigenvalue weighted by molar-refractivity contribution is 7.08. The average molecular weight is 519 g/mol. The van der Waals surface area contributed by atoms with E-state index in [2.05, 4.69) is 12.7 Å². The highest BCUT2D eigenvalue weighted by Crippen LogP contribution is 2.40. The maximum atomic E-state index is 12.0. The fourth-order valence-electron chi connectivity index (χ4n) is 3.65. The first-order valence-corrected chi connectivity index (χ1v) is 13.3. The third-order valence-electron chi connectivity index (χ3n) is 5.75. The second kappa shape index (κ2) is 11.7. The molecular formula is C26H30O7S2. The highest BCUT2D eigenvalue weighted by atomic mass is 32.1. The van der Waals surface area contributed by atoms with E-state index in [0.717, 1.165) is 35.8 Å². The van der Waals surface area contributed by atoms with Gasteiger partial charge in [0.25, 0.3) is 0 Å². The number of rotatable bonds is 9. The molecule has 0 radical (unpaired) electrons. The van der Waals surface area contributed by atoms with Crippen LogP contribution in [-0.4, -0.2) is 45.8 Å². The third kappa shape index (κ3) is 6.82. The van der Waals surface area contributed by atoms with Gasteiger partial charge in [-0.2, -0.15) is 0 Å². The molecule has 0 atom stereocenters. The molecule has 0 unspecified atom stereocenters. The Bertz CT molecular complexity index is 1010. The van der Waals surface area contributed by atoms with Crippen molar-refractivity contribution in [2.45, 2.75) is 19.8 Å². The minimum absolute atomic E-state index is 0.119. The summed E-state index contributed by atoms with van der Waals surface area (Å²) in [5.41, 5.74) is -0.624. The molecule has 0 N–H and O–H groups in total. The third-order valence-corrected chi connectivity index (χ3v) is 7.15. The van der Waals surface area contributed by atoms with Crippen molar-refractivity contribution in [2.24, 2.45) is 10.8 Å². The molecule has 0 bridgehead atoms. The van der Waals surface area contributed by atoms with Crippen LogP contribution in [0.25, 0.3) is 0 Å². The smallest absolute Gasteiger partial charge is 0.488 e. The molecule has 2 aromatic rings. The lowest BCUT2D eigenvalue weighted by Crippen LogP contribution is -2.36. The average Bonchev–Trinajstić information content (AvgIpc) is 3.44. The Kier molecular flexibility index (Phi) is 8.41. The van der Waals surface area contributed by atoms with Crippen LogP contribution in [0.3, 0.4) is 0 Å². The van der Waals surface area contributed by atoms with Gasteiger partial charge in [-0.25, -0.2) is 4.79 Å². The molecule has 2 aliphatic heterocycles. The monoisotopic (exact) mass is 518 g/mol. The van der Waals surface area contributed by atoms with Crippen LogP contribution in [0.5, 0.6) is 23.0 Å². The predicted octanol–water partition coefficient (Wildman–Crippen LogP) is 6.28. The van der Waals surface area contributed by atoms with Crippen molar-refractivity contribution in [3.8, 4) is 23.0 Å². The summed E-state index contributed by atoms with van der Waals surface area (Å²) in [6.07, 6.45) is 10.3. The number of fused-ring (bicyclic) bond motifs is 2. The first kappa shape index (κ1) is 25.2. The fraction of sp³-hybridized carbons (Fsp3) is 0.423. The second-order valence-electron chi connectivity index (χ2n) is 9.07. The SMILES string of the molecule is C=CCC1(C/C=C/C=C/COC(=O)OCC2(C)COc3cscc3OC2)COc2cscc2OC1. The summed E-state index contributed by atoms with van der Waals surface area (Å²) in [7, 11) is 0. The van der Waals surface area contributed by atoms with Gasteiger partial charge in [0.05, 0.1) is 18.6 Å². The second-order valence-corrected chi connectivity index (χ2v) is 10.6. The van der Waals surface area contributed by atoms with Gasteiger partial charge in [0.1, 0.15) is 26.4 Å².